The molecule has 1 amide bonds. The summed E-state index contributed by atoms with van der Waals surface area (Å²) in [5.41, 5.74) is 0.0849. The largest absolute Gasteiger partial charge is 0.481 e. The lowest BCUT2D eigenvalue weighted by Gasteiger charge is -2.31. The number of likely N-dealkylation sites (tertiary alicyclic amines) is 1. The van der Waals surface area contributed by atoms with Gasteiger partial charge in [0.15, 0.2) is 35.6 Å². The monoisotopic (exact) mass is 417 g/mol. The molecule has 1 fully saturated rings. The highest BCUT2D eigenvalue weighted by Crippen LogP contribution is 2.26. The van der Waals surface area contributed by atoms with E-state index < -0.39 is 17.5 Å². The maximum Gasteiger partial charge on any atom is 0.264 e. The van der Waals surface area contributed by atoms with Crippen molar-refractivity contribution in [3.05, 3.63) is 77.2 Å². The normalized spacial score (nSPS) is 16.5. The summed E-state index contributed by atoms with van der Waals surface area (Å²) in [6.45, 7) is 0.735. The van der Waals surface area contributed by atoms with Gasteiger partial charge in [-0.2, -0.15) is 4.98 Å². The second-order valence-electron chi connectivity index (χ2n) is 6.98. The number of para-hydroxylation sites is 1. The van der Waals surface area contributed by atoms with E-state index in [1.54, 1.807) is 17.0 Å². The average Bonchev–Trinajstić information content (AvgIpc) is 3.24. The number of hydrogen-bond donors (Lipinski definition) is 0. The summed E-state index contributed by atoms with van der Waals surface area (Å²) >= 11 is 0. The van der Waals surface area contributed by atoms with Crippen molar-refractivity contribution >= 4 is 5.91 Å². The van der Waals surface area contributed by atoms with Crippen LogP contribution in [-0.2, 0) is 6.61 Å². The third-order valence-electron chi connectivity index (χ3n) is 4.91. The molecule has 0 N–H and O–H groups in total. The second-order valence-corrected chi connectivity index (χ2v) is 6.98. The number of halogens is 3. The molecule has 156 valence electrons. The first-order chi connectivity index (χ1) is 14.5. The number of rotatable bonds is 5. The molecule has 0 radical (unpaired) electrons. The molecule has 3 aromatic rings. The maximum atomic E-state index is 13.6. The molecule has 9 heteroatoms. The maximum absolute atomic E-state index is 13.6. The molecule has 1 atom stereocenters. The van der Waals surface area contributed by atoms with E-state index >= 15 is 0 Å². The highest BCUT2D eigenvalue weighted by molar-refractivity contribution is 5.94. The van der Waals surface area contributed by atoms with E-state index in [4.69, 9.17) is 9.26 Å². The zero-order valence-corrected chi connectivity index (χ0v) is 15.9. The lowest BCUT2D eigenvalue weighted by molar-refractivity contribution is 0.0703. The van der Waals surface area contributed by atoms with E-state index in [-0.39, 0.29) is 35.6 Å². The van der Waals surface area contributed by atoms with Crippen molar-refractivity contribution in [3.8, 4) is 5.75 Å². The highest BCUT2D eigenvalue weighted by Gasteiger charge is 2.29. The summed E-state index contributed by atoms with van der Waals surface area (Å²) < 4.78 is 50.7. The first-order valence-electron chi connectivity index (χ1n) is 9.45. The van der Waals surface area contributed by atoms with E-state index in [9.17, 15) is 18.0 Å². The first-order valence-corrected chi connectivity index (χ1v) is 9.45. The second kappa shape index (κ2) is 8.56. The van der Waals surface area contributed by atoms with Gasteiger partial charge in [-0.3, -0.25) is 4.79 Å². The molecule has 1 aliphatic rings. The van der Waals surface area contributed by atoms with Crippen LogP contribution in [0.5, 0.6) is 5.75 Å². The standard InChI is InChI=1S/C21H18F3N3O3/c22-15-8-7-13(10-17(15)24)21(28)27-9-3-4-14(11-27)20-25-19(30-26-20)12-29-18-6-2-1-5-16(18)23/h1-2,5-8,10,14H,3-4,9,11-12H2. The van der Waals surface area contributed by atoms with Crippen LogP contribution in [0.3, 0.4) is 0 Å². The predicted octanol–water partition coefficient (Wildman–Crippen LogP) is 4.09. The van der Waals surface area contributed by atoms with E-state index in [1.165, 1.54) is 18.2 Å². The summed E-state index contributed by atoms with van der Waals surface area (Å²) in [4.78, 5) is 18.5. The molecule has 1 aromatic heterocycles. The summed E-state index contributed by atoms with van der Waals surface area (Å²) in [6, 6.07) is 9.09. The SMILES string of the molecule is O=C(c1ccc(F)c(F)c1)N1CCCC(c2noc(COc3ccccc3F)n2)C1. The van der Waals surface area contributed by atoms with Crippen LogP contribution in [0.25, 0.3) is 0 Å². The summed E-state index contributed by atoms with van der Waals surface area (Å²) in [5, 5.41) is 3.96. The smallest absolute Gasteiger partial charge is 0.264 e. The van der Waals surface area contributed by atoms with Crippen LogP contribution in [0, 0.1) is 17.5 Å². The molecule has 0 aliphatic carbocycles. The Labute approximate surface area is 170 Å². The van der Waals surface area contributed by atoms with E-state index in [0.29, 0.717) is 25.3 Å². The van der Waals surface area contributed by atoms with Gasteiger partial charge in [-0.1, -0.05) is 17.3 Å². The first kappa shape index (κ1) is 19.9. The number of aromatic nitrogens is 2. The third kappa shape index (κ3) is 4.29. The Hall–Kier alpha value is -3.36. The minimum atomic E-state index is -1.06. The zero-order valence-electron chi connectivity index (χ0n) is 15.9. The van der Waals surface area contributed by atoms with Crippen molar-refractivity contribution in [3.63, 3.8) is 0 Å². The van der Waals surface area contributed by atoms with Crippen LogP contribution >= 0.6 is 0 Å². The van der Waals surface area contributed by atoms with Crippen molar-refractivity contribution in [1.29, 1.82) is 0 Å². The number of carbonyl (C=O) groups is 1. The van der Waals surface area contributed by atoms with Gasteiger partial charge >= 0.3 is 0 Å². The number of piperidine rings is 1. The van der Waals surface area contributed by atoms with Gasteiger partial charge in [0, 0.05) is 24.6 Å². The molecule has 1 aliphatic heterocycles. The van der Waals surface area contributed by atoms with Crippen LogP contribution in [0.1, 0.15) is 40.8 Å². The van der Waals surface area contributed by atoms with Gasteiger partial charge in [0.1, 0.15) is 0 Å². The molecule has 1 unspecified atom stereocenters. The molecular weight excluding hydrogens is 399 g/mol. The summed E-state index contributed by atoms with van der Waals surface area (Å²) in [5.74, 6) is -2.41. The Morgan fingerprint density at radius 1 is 1.13 bits per heavy atom. The van der Waals surface area contributed by atoms with Crippen LogP contribution in [0.15, 0.2) is 47.0 Å². The van der Waals surface area contributed by atoms with Gasteiger partial charge < -0.3 is 14.2 Å². The van der Waals surface area contributed by atoms with Gasteiger partial charge in [-0.05, 0) is 43.2 Å². The fraction of sp³-hybridized carbons (Fsp3) is 0.286. The van der Waals surface area contributed by atoms with Crippen LogP contribution in [0.4, 0.5) is 13.2 Å². The van der Waals surface area contributed by atoms with Gasteiger partial charge in [0.2, 0.25) is 0 Å². The molecular formula is C21H18F3N3O3. The lowest BCUT2D eigenvalue weighted by Crippen LogP contribution is -2.39. The molecule has 0 bridgehead atoms. The molecule has 30 heavy (non-hydrogen) atoms. The van der Waals surface area contributed by atoms with E-state index in [1.807, 2.05) is 0 Å². The Morgan fingerprint density at radius 3 is 2.77 bits per heavy atom. The third-order valence-corrected chi connectivity index (χ3v) is 4.91. The fourth-order valence-corrected chi connectivity index (χ4v) is 3.38. The van der Waals surface area contributed by atoms with Crippen molar-refractivity contribution in [2.24, 2.45) is 0 Å². The minimum absolute atomic E-state index is 0.0817. The number of benzene rings is 2. The number of carbonyl (C=O) groups excluding carboxylic acids is 1. The number of ether oxygens (including phenoxy) is 1. The molecule has 4 rings (SSSR count). The molecule has 0 spiro atoms. The lowest BCUT2D eigenvalue weighted by atomic mass is 9.96. The van der Waals surface area contributed by atoms with Gasteiger partial charge in [0.05, 0.1) is 0 Å². The Morgan fingerprint density at radius 2 is 1.97 bits per heavy atom. The molecule has 2 heterocycles. The number of hydrogen-bond acceptors (Lipinski definition) is 5. The number of nitrogens with zero attached hydrogens (tertiary/aromatic N) is 3. The van der Waals surface area contributed by atoms with E-state index in [2.05, 4.69) is 10.1 Å². The van der Waals surface area contributed by atoms with Gasteiger partial charge in [-0.15, -0.1) is 0 Å². The topological polar surface area (TPSA) is 68.5 Å². The van der Waals surface area contributed by atoms with E-state index in [0.717, 1.165) is 18.6 Å². The molecule has 0 saturated carbocycles. The predicted molar refractivity (Wildman–Crippen MR) is 99.3 cm³/mol. The molecule has 1 saturated heterocycles. The highest BCUT2D eigenvalue weighted by atomic mass is 19.2. The fourth-order valence-electron chi connectivity index (χ4n) is 3.38. The van der Waals surface area contributed by atoms with Crippen molar-refractivity contribution < 1.29 is 27.2 Å². The van der Waals surface area contributed by atoms with Crippen LogP contribution in [0.2, 0.25) is 0 Å². The molecule has 2 aromatic carbocycles. The van der Waals surface area contributed by atoms with Crippen molar-refractivity contribution in [2.75, 3.05) is 13.1 Å². The summed E-state index contributed by atoms with van der Waals surface area (Å²) in [7, 11) is 0. The quantitative estimate of drug-likeness (QED) is 0.626. The Kier molecular flexibility index (Phi) is 5.69. The Balaban J connectivity index is 1.40. The Bertz CT molecular complexity index is 1060. The summed E-state index contributed by atoms with van der Waals surface area (Å²) in [6.07, 6.45) is 1.45. The average molecular weight is 417 g/mol. The van der Waals surface area contributed by atoms with Crippen molar-refractivity contribution in [2.45, 2.75) is 25.4 Å². The van der Waals surface area contributed by atoms with Crippen molar-refractivity contribution in [1.82, 2.24) is 15.0 Å². The number of amides is 1. The zero-order chi connectivity index (χ0) is 21.1. The van der Waals surface area contributed by atoms with Gasteiger partial charge in [-0.25, -0.2) is 13.2 Å². The minimum Gasteiger partial charge on any atom is -0.481 e. The van der Waals surface area contributed by atoms with Crippen LogP contribution in [-0.4, -0.2) is 34.0 Å². The van der Waals surface area contributed by atoms with Gasteiger partial charge in [0.25, 0.3) is 11.8 Å². The molecule has 6 nitrogen and oxygen atoms in total. The van der Waals surface area contributed by atoms with Crippen LogP contribution < -0.4 is 4.74 Å².